The number of benzene rings is 2. The molecule has 0 saturated carbocycles. The molecule has 2 saturated heterocycles. The van der Waals surface area contributed by atoms with Gasteiger partial charge in [0, 0.05) is 32.2 Å². The molecular formula is C22H24FN3O4. The number of carbonyl (C=O) groups is 2. The van der Waals surface area contributed by atoms with Gasteiger partial charge in [-0.2, -0.15) is 0 Å². The van der Waals surface area contributed by atoms with E-state index in [1.54, 1.807) is 30.3 Å². The average Bonchev–Trinajstić information content (AvgIpc) is 3.07. The second-order valence-electron chi connectivity index (χ2n) is 7.30. The largest absolute Gasteiger partial charge is 0.493 e. The maximum Gasteiger partial charge on any atom is 0.251 e. The highest BCUT2D eigenvalue weighted by Crippen LogP contribution is 2.34. The van der Waals surface area contributed by atoms with Crippen LogP contribution in [0.2, 0.25) is 0 Å². The second-order valence-corrected chi connectivity index (χ2v) is 7.30. The highest BCUT2D eigenvalue weighted by atomic mass is 19.1. The summed E-state index contributed by atoms with van der Waals surface area (Å²) in [6.07, 6.45) is 0.132. The minimum atomic E-state index is -0.506. The van der Waals surface area contributed by atoms with Gasteiger partial charge in [0.15, 0.2) is 11.5 Å². The van der Waals surface area contributed by atoms with Crippen LogP contribution in [0.25, 0.3) is 0 Å². The number of halogens is 1. The lowest BCUT2D eigenvalue weighted by atomic mass is 10.1. The molecule has 0 bridgehead atoms. The number of piperazine rings is 1. The molecule has 0 N–H and O–H groups in total. The fraction of sp³-hybridized carbons (Fsp3) is 0.364. The molecule has 8 heteroatoms. The Labute approximate surface area is 174 Å². The smallest absolute Gasteiger partial charge is 0.251 e. The predicted molar refractivity (Wildman–Crippen MR) is 111 cm³/mol. The summed E-state index contributed by atoms with van der Waals surface area (Å²) in [6, 6.07) is 11.2. The molecule has 2 aliphatic heterocycles. The number of amides is 2. The van der Waals surface area contributed by atoms with Gasteiger partial charge in [0.05, 0.1) is 38.1 Å². The van der Waals surface area contributed by atoms with Crippen molar-refractivity contribution in [3.63, 3.8) is 0 Å². The van der Waals surface area contributed by atoms with Crippen LogP contribution in [0.3, 0.4) is 0 Å². The summed E-state index contributed by atoms with van der Waals surface area (Å²) < 4.78 is 24.6. The molecule has 2 amide bonds. The maximum atomic E-state index is 14.1. The van der Waals surface area contributed by atoms with E-state index in [2.05, 4.69) is 0 Å². The van der Waals surface area contributed by atoms with Crippen molar-refractivity contribution >= 4 is 23.2 Å². The number of nitrogens with zero attached hydrogens (tertiary/aromatic N) is 3. The van der Waals surface area contributed by atoms with Crippen LogP contribution in [0.15, 0.2) is 42.5 Å². The van der Waals surface area contributed by atoms with Crippen molar-refractivity contribution < 1.29 is 23.5 Å². The van der Waals surface area contributed by atoms with Crippen LogP contribution >= 0.6 is 0 Å². The minimum Gasteiger partial charge on any atom is -0.493 e. The predicted octanol–water partition coefficient (Wildman–Crippen LogP) is 2.30. The molecule has 0 spiro atoms. The molecule has 2 aliphatic rings. The van der Waals surface area contributed by atoms with Gasteiger partial charge in [-0.25, -0.2) is 9.29 Å². The molecule has 2 heterocycles. The first kappa shape index (κ1) is 20.2. The second kappa shape index (κ2) is 8.31. The number of rotatable bonds is 5. The van der Waals surface area contributed by atoms with Crippen molar-refractivity contribution in [2.24, 2.45) is 0 Å². The van der Waals surface area contributed by atoms with E-state index in [4.69, 9.17) is 9.47 Å². The number of ether oxygens (including phenoxy) is 2. The lowest BCUT2D eigenvalue weighted by Gasteiger charge is -2.38. The van der Waals surface area contributed by atoms with E-state index in [1.807, 2.05) is 15.9 Å². The molecule has 2 aromatic carbocycles. The zero-order chi connectivity index (χ0) is 21.3. The molecule has 7 nitrogen and oxygen atoms in total. The van der Waals surface area contributed by atoms with Crippen molar-refractivity contribution in [1.29, 1.82) is 0 Å². The van der Waals surface area contributed by atoms with Gasteiger partial charge in [0.25, 0.3) is 5.91 Å². The number of hydrogen-bond donors (Lipinski definition) is 0. The molecule has 1 atom stereocenters. The summed E-state index contributed by atoms with van der Waals surface area (Å²) in [4.78, 5) is 31.0. The molecule has 0 aromatic heterocycles. The molecule has 0 radical (unpaired) electrons. The Bertz CT molecular complexity index is 959. The summed E-state index contributed by atoms with van der Waals surface area (Å²) in [5.41, 5.74) is 1.04. The summed E-state index contributed by atoms with van der Waals surface area (Å²) in [7, 11) is 3.04. The maximum absolute atomic E-state index is 14.1. The van der Waals surface area contributed by atoms with Crippen molar-refractivity contribution in [3.8, 4) is 11.5 Å². The monoisotopic (exact) mass is 413 g/mol. The standard InChI is InChI=1S/C22H24FN3O4/c1-29-19-8-7-15(13-20(19)30-2)26-21(27)14-18(22(26)28)25-11-9-24(10-12-25)17-6-4-3-5-16(17)23/h3-8,13,18H,9-12,14H2,1-2H3/t18-/m0/s1. The number of para-hydroxylation sites is 1. The van der Waals surface area contributed by atoms with Crippen LogP contribution in [-0.4, -0.2) is 63.2 Å². The van der Waals surface area contributed by atoms with E-state index in [0.29, 0.717) is 49.1 Å². The minimum absolute atomic E-state index is 0.132. The summed E-state index contributed by atoms with van der Waals surface area (Å²) in [5.74, 6) is 0.247. The highest BCUT2D eigenvalue weighted by molar-refractivity contribution is 6.22. The normalized spacial score (nSPS) is 20.0. The topological polar surface area (TPSA) is 62.3 Å². The zero-order valence-corrected chi connectivity index (χ0v) is 17.0. The van der Waals surface area contributed by atoms with Gasteiger partial charge in [-0.3, -0.25) is 14.5 Å². The van der Waals surface area contributed by atoms with Gasteiger partial charge >= 0.3 is 0 Å². The molecule has 2 aromatic rings. The van der Waals surface area contributed by atoms with Crippen LogP contribution in [0.4, 0.5) is 15.8 Å². The molecule has 30 heavy (non-hydrogen) atoms. The SMILES string of the molecule is COc1ccc(N2C(=O)C[C@H](N3CCN(c4ccccc4F)CC3)C2=O)cc1OC. The van der Waals surface area contributed by atoms with E-state index >= 15 is 0 Å². The van der Waals surface area contributed by atoms with Gasteiger partial charge in [0.2, 0.25) is 5.91 Å². The Hall–Kier alpha value is -3.13. The molecule has 0 aliphatic carbocycles. The third kappa shape index (κ3) is 3.59. The van der Waals surface area contributed by atoms with E-state index < -0.39 is 6.04 Å². The van der Waals surface area contributed by atoms with Crippen LogP contribution in [-0.2, 0) is 9.59 Å². The average molecular weight is 413 g/mol. The van der Waals surface area contributed by atoms with Gasteiger partial charge in [-0.15, -0.1) is 0 Å². The third-order valence-corrected chi connectivity index (χ3v) is 5.70. The van der Waals surface area contributed by atoms with Gasteiger partial charge in [0.1, 0.15) is 5.82 Å². The van der Waals surface area contributed by atoms with E-state index in [-0.39, 0.29) is 24.1 Å². The molecule has 4 rings (SSSR count). The summed E-state index contributed by atoms with van der Waals surface area (Å²) in [6.45, 7) is 2.35. The fourth-order valence-corrected chi connectivity index (χ4v) is 4.12. The molecule has 2 fully saturated rings. The van der Waals surface area contributed by atoms with Gasteiger partial charge < -0.3 is 14.4 Å². The first-order valence-corrected chi connectivity index (χ1v) is 9.86. The fourth-order valence-electron chi connectivity index (χ4n) is 4.12. The molecule has 0 unspecified atom stereocenters. The Morgan fingerprint density at radius 3 is 2.30 bits per heavy atom. The first-order chi connectivity index (χ1) is 14.5. The van der Waals surface area contributed by atoms with Crippen molar-refractivity contribution in [3.05, 3.63) is 48.3 Å². The van der Waals surface area contributed by atoms with Gasteiger partial charge in [-0.1, -0.05) is 12.1 Å². The number of methoxy groups -OCH3 is 2. The van der Waals surface area contributed by atoms with Gasteiger partial charge in [-0.05, 0) is 24.3 Å². The van der Waals surface area contributed by atoms with Crippen molar-refractivity contribution in [2.45, 2.75) is 12.5 Å². The Morgan fingerprint density at radius 2 is 1.63 bits per heavy atom. The number of anilines is 2. The van der Waals surface area contributed by atoms with Crippen molar-refractivity contribution in [2.75, 3.05) is 50.2 Å². The van der Waals surface area contributed by atoms with Crippen LogP contribution in [0.1, 0.15) is 6.42 Å². The molecular weight excluding hydrogens is 389 g/mol. The number of hydrogen-bond acceptors (Lipinski definition) is 6. The summed E-state index contributed by atoms with van der Waals surface area (Å²) in [5, 5.41) is 0. The molecule has 158 valence electrons. The lowest BCUT2D eigenvalue weighted by molar-refractivity contribution is -0.123. The highest BCUT2D eigenvalue weighted by Gasteiger charge is 2.43. The Morgan fingerprint density at radius 1 is 0.933 bits per heavy atom. The number of imide groups is 1. The number of carbonyl (C=O) groups excluding carboxylic acids is 2. The Balaban J connectivity index is 1.47. The summed E-state index contributed by atoms with van der Waals surface area (Å²) >= 11 is 0. The van der Waals surface area contributed by atoms with Crippen molar-refractivity contribution in [1.82, 2.24) is 4.90 Å². The van der Waals surface area contributed by atoms with Crippen LogP contribution in [0.5, 0.6) is 11.5 Å². The lowest BCUT2D eigenvalue weighted by Crippen LogP contribution is -2.52. The Kier molecular flexibility index (Phi) is 5.59. The zero-order valence-electron chi connectivity index (χ0n) is 17.0. The van der Waals surface area contributed by atoms with E-state index in [9.17, 15) is 14.0 Å². The van der Waals surface area contributed by atoms with E-state index in [1.165, 1.54) is 25.2 Å². The van der Waals surface area contributed by atoms with Crippen LogP contribution in [0, 0.1) is 5.82 Å². The van der Waals surface area contributed by atoms with E-state index in [0.717, 1.165) is 0 Å². The van der Waals surface area contributed by atoms with Crippen LogP contribution < -0.4 is 19.3 Å². The first-order valence-electron chi connectivity index (χ1n) is 9.86. The third-order valence-electron chi connectivity index (χ3n) is 5.70. The quantitative estimate of drug-likeness (QED) is 0.701.